The Kier molecular flexibility index (Phi) is 6.15. The Morgan fingerprint density at radius 2 is 1.81 bits per heavy atom. The Labute approximate surface area is 195 Å². The number of fused-ring (bicyclic) bond motifs is 1. The van der Waals surface area contributed by atoms with Gasteiger partial charge in [-0.05, 0) is 31.2 Å². The highest BCUT2D eigenvalue weighted by Gasteiger charge is 2.41. The summed E-state index contributed by atoms with van der Waals surface area (Å²) in [5.41, 5.74) is 2.06. The second-order valence-corrected chi connectivity index (χ2v) is 8.68. The molecule has 0 spiro atoms. The van der Waals surface area contributed by atoms with Crippen molar-refractivity contribution < 1.29 is 23.9 Å². The van der Waals surface area contributed by atoms with E-state index in [1.807, 2.05) is 24.3 Å². The molecule has 0 bridgehead atoms. The Balaban J connectivity index is 1.33. The number of ether oxygens (including phenoxy) is 1. The lowest BCUT2D eigenvalue weighted by molar-refractivity contribution is -0.150. The highest BCUT2D eigenvalue weighted by molar-refractivity contribution is 9.10. The predicted octanol–water partition coefficient (Wildman–Crippen LogP) is 3.74. The van der Waals surface area contributed by atoms with Crippen LogP contribution in [-0.4, -0.2) is 46.2 Å². The number of amides is 3. The van der Waals surface area contributed by atoms with Crippen LogP contribution in [0.1, 0.15) is 27.6 Å². The molecular formula is C22H16BrN3O5S. The van der Waals surface area contributed by atoms with Gasteiger partial charge < -0.3 is 4.74 Å². The van der Waals surface area contributed by atoms with E-state index in [4.69, 9.17) is 4.74 Å². The first-order chi connectivity index (χ1) is 15.3. The Hall–Kier alpha value is -3.37. The van der Waals surface area contributed by atoms with E-state index in [1.54, 1.807) is 17.5 Å². The van der Waals surface area contributed by atoms with E-state index < -0.39 is 36.3 Å². The summed E-state index contributed by atoms with van der Waals surface area (Å²) in [6, 6.07) is 12.7. The topological polar surface area (TPSA) is 106 Å². The van der Waals surface area contributed by atoms with Gasteiger partial charge >= 0.3 is 5.97 Å². The van der Waals surface area contributed by atoms with Crippen LogP contribution in [0.3, 0.4) is 0 Å². The molecule has 0 fully saturated rings. The summed E-state index contributed by atoms with van der Waals surface area (Å²) in [6.45, 7) is 0.811. The lowest BCUT2D eigenvalue weighted by atomic mass is 10.1. The van der Waals surface area contributed by atoms with Gasteiger partial charge in [0.1, 0.15) is 6.04 Å². The molecule has 1 aliphatic heterocycles. The number of esters is 1. The van der Waals surface area contributed by atoms with Gasteiger partial charge in [0.15, 0.2) is 11.7 Å². The molecule has 32 heavy (non-hydrogen) atoms. The average molecular weight is 514 g/mol. The molecule has 3 amide bonds. The molecule has 8 nitrogen and oxygen atoms in total. The van der Waals surface area contributed by atoms with Gasteiger partial charge in [-0.15, -0.1) is 11.3 Å². The molecule has 1 aliphatic rings. The fourth-order valence-corrected chi connectivity index (χ4v) is 4.32. The molecule has 4 rings (SSSR count). The van der Waals surface area contributed by atoms with Gasteiger partial charge in [-0.1, -0.05) is 40.2 Å². The molecule has 1 atom stereocenters. The zero-order valence-electron chi connectivity index (χ0n) is 16.7. The van der Waals surface area contributed by atoms with E-state index in [-0.39, 0.29) is 11.1 Å². The van der Waals surface area contributed by atoms with Crippen LogP contribution in [0.2, 0.25) is 0 Å². The maximum atomic E-state index is 12.5. The standard InChI is InChI=1S/C22H16BrN3O5S/c1-12(26-19(28)15-7-2-3-8-16(15)20(26)29)21(30)31-10-18(27)25-22-24-17(11-32-22)13-5-4-6-14(23)9-13/h2-9,11-12H,10H2,1H3,(H,24,25,27). The Morgan fingerprint density at radius 3 is 2.47 bits per heavy atom. The van der Waals surface area contributed by atoms with Gasteiger partial charge in [0.05, 0.1) is 16.8 Å². The second kappa shape index (κ2) is 9.01. The lowest BCUT2D eigenvalue weighted by Crippen LogP contribution is -2.44. The molecular weight excluding hydrogens is 498 g/mol. The number of halogens is 1. The van der Waals surface area contributed by atoms with Gasteiger partial charge in [-0.3, -0.25) is 24.6 Å². The number of imide groups is 1. The summed E-state index contributed by atoms with van der Waals surface area (Å²) in [4.78, 5) is 54.7. The number of aromatic nitrogens is 1. The van der Waals surface area contributed by atoms with Gasteiger partial charge in [0.2, 0.25) is 0 Å². The van der Waals surface area contributed by atoms with Crippen molar-refractivity contribution in [2.24, 2.45) is 0 Å². The third kappa shape index (κ3) is 4.32. The van der Waals surface area contributed by atoms with Gasteiger partial charge in [0, 0.05) is 15.4 Å². The maximum Gasteiger partial charge on any atom is 0.329 e. The zero-order chi connectivity index (χ0) is 22.8. The van der Waals surface area contributed by atoms with Crippen LogP contribution in [0.4, 0.5) is 5.13 Å². The van der Waals surface area contributed by atoms with Crippen LogP contribution < -0.4 is 5.32 Å². The number of carbonyl (C=O) groups excluding carboxylic acids is 4. The first-order valence-electron chi connectivity index (χ1n) is 9.50. The summed E-state index contributed by atoms with van der Waals surface area (Å²) in [5, 5.41) is 4.73. The summed E-state index contributed by atoms with van der Waals surface area (Å²) in [6.07, 6.45) is 0. The minimum Gasteiger partial charge on any atom is -0.454 e. The van der Waals surface area contributed by atoms with Gasteiger partial charge in [-0.2, -0.15) is 0 Å². The lowest BCUT2D eigenvalue weighted by Gasteiger charge is -2.20. The van der Waals surface area contributed by atoms with Crippen molar-refractivity contribution in [3.05, 3.63) is 69.5 Å². The number of nitrogens with zero attached hydrogens (tertiary/aromatic N) is 2. The predicted molar refractivity (Wildman–Crippen MR) is 121 cm³/mol. The first-order valence-corrected chi connectivity index (χ1v) is 11.2. The van der Waals surface area contributed by atoms with E-state index in [1.165, 1.54) is 30.4 Å². The van der Waals surface area contributed by atoms with Crippen molar-refractivity contribution >= 4 is 56.1 Å². The van der Waals surface area contributed by atoms with Crippen molar-refractivity contribution in [1.82, 2.24) is 9.88 Å². The number of thiazole rings is 1. The zero-order valence-corrected chi connectivity index (χ0v) is 19.1. The summed E-state index contributed by atoms with van der Waals surface area (Å²) < 4.78 is 5.94. The van der Waals surface area contributed by atoms with Crippen LogP contribution >= 0.6 is 27.3 Å². The van der Waals surface area contributed by atoms with Crippen LogP contribution in [-0.2, 0) is 14.3 Å². The van der Waals surface area contributed by atoms with Crippen molar-refractivity contribution in [1.29, 1.82) is 0 Å². The first kappa shape index (κ1) is 21.8. The highest BCUT2D eigenvalue weighted by atomic mass is 79.9. The molecule has 162 valence electrons. The number of carbonyl (C=O) groups is 4. The maximum absolute atomic E-state index is 12.5. The van der Waals surface area contributed by atoms with Crippen LogP contribution in [0.5, 0.6) is 0 Å². The van der Waals surface area contributed by atoms with E-state index in [0.29, 0.717) is 10.8 Å². The number of nitrogens with one attached hydrogen (secondary N) is 1. The number of benzene rings is 2. The number of hydrogen-bond donors (Lipinski definition) is 1. The molecule has 0 saturated carbocycles. The van der Waals surface area contributed by atoms with E-state index in [2.05, 4.69) is 26.2 Å². The van der Waals surface area contributed by atoms with Crippen molar-refractivity contribution in [2.45, 2.75) is 13.0 Å². The summed E-state index contributed by atoms with van der Waals surface area (Å²) >= 11 is 4.64. The minimum atomic E-state index is -1.17. The molecule has 0 aliphatic carbocycles. The molecule has 10 heteroatoms. The fourth-order valence-electron chi connectivity index (χ4n) is 3.19. The second-order valence-electron chi connectivity index (χ2n) is 6.91. The molecule has 0 saturated heterocycles. The third-order valence-corrected chi connectivity index (χ3v) is 6.02. The number of hydrogen-bond acceptors (Lipinski definition) is 7. The largest absolute Gasteiger partial charge is 0.454 e. The monoisotopic (exact) mass is 513 g/mol. The fraction of sp³-hybridized carbons (Fsp3) is 0.136. The van der Waals surface area contributed by atoms with Crippen molar-refractivity contribution in [3.8, 4) is 11.3 Å². The quantitative estimate of drug-likeness (QED) is 0.397. The average Bonchev–Trinajstić information content (AvgIpc) is 3.35. The molecule has 0 radical (unpaired) electrons. The Morgan fingerprint density at radius 1 is 1.12 bits per heavy atom. The molecule has 2 aromatic carbocycles. The van der Waals surface area contributed by atoms with E-state index in [9.17, 15) is 19.2 Å². The van der Waals surface area contributed by atoms with E-state index in [0.717, 1.165) is 14.9 Å². The summed E-state index contributed by atoms with van der Waals surface area (Å²) in [7, 11) is 0. The van der Waals surface area contributed by atoms with Crippen LogP contribution in [0, 0.1) is 0 Å². The smallest absolute Gasteiger partial charge is 0.329 e. The number of rotatable bonds is 6. The summed E-state index contributed by atoms with van der Waals surface area (Å²) in [5.74, 6) is -2.57. The molecule has 1 N–H and O–H groups in total. The molecule has 1 aromatic heterocycles. The SMILES string of the molecule is CC(C(=O)OCC(=O)Nc1nc(-c2cccc(Br)c2)cs1)N1C(=O)c2ccccc2C1=O. The van der Waals surface area contributed by atoms with Crippen LogP contribution in [0.25, 0.3) is 11.3 Å². The normalized spacial score (nSPS) is 13.6. The number of anilines is 1. The Bertz CT molecular complexity index is 1210. The highest BCUT2D eigenvalue weighted by Crippen LogP contribution is 2.27. The van der Waals surface area contributed by atoms with Crippen molar-refractivity contribution in [3.63, 3.8) is 0 Å². The van der Waals surface area contributed by atoms with Crippen LogP contribution in [0.15, 0.2) is 58.4 Å². The molecule has 1 unspecified atom stereocenters. The van der Waals surface area contributed by atoms with Gasteiger partial charge in [0.25, 0.3) is 17.7 Å². The minimum absolute atomic E-state index is 0.236. The molecule has 3 aromatic rings. The molecule has 2 heterocycles. The third-order valence-electron chi connectivity index (χ3n) is 4.77. The van der Waals surface area contributed by atoms with E-state index >= 15 is 0 Å². The van der Waals surface area contributed by atoms with Gasteiger partial charge in [-0.25, -0.2) is 9.78 Å². The van der Waals surface area contributed by atoms with Crippen molar-refractivity contribution in [2.75, 3.05) is 11.9 Å².